The highest BCUT2D eigenvalue weighted by molar-refractivity contribution is 5.44. The first kappa shape index (κ1) is 14.6. The van der Waals surface area contributed by atoms with Gasteiger partial charge in [0.1, 0.15) is 0 Å². The lowest BCUT2D eigenvalue weighted by Gasteiger charge is -2.14. The van der Waals surface area contributed by atoms with Crippen molar-refractivity contribution in [2.45, 2.75) is 26.6 Å². The van der Waals surface area contributed by atoms with Crippen molar-refractivity contribution < 1.29 is 13.2 Å². The number of benzene rings is 1. The molecule has 6 heteroatoms. The van der Waals surface area contributed by atoms with Crippen LogP contribution in [0, 0.1) is 13.8 Å². The molecule has 0 atom stereocenters. The smallest absolute Gasteiger partial charge is 0.316 e. The first-order valence-corrected chi connectivity index (χ1v) is 6.21. The fourth-order valence-electron chi connectivity index (χ4n) is 2.23. The van der Waals surface area contributed by atoms with E-state index in [1.165, 1.54) is 6.20 Å². The van der Waals surface area contributed by atoms with E-state index in [1.54, 1.807) is 26.1 Å². The Labute approximate surface area is 115 Å². The number of nitrogens with one attached hydrogen (secondary N) is 1. The molecule has 0 amide bonds. The Morgan fingerprint density at radius 3 is 2.50 bits per heavy atom. The molecular formula is C14H16F3N3. The number of hydrogen-bond acceptors (Lipinski definition) is 2. The summed E-state index contributed by atoms with van der Waals surface area (Å²) >= 11 is 0. The quantitative estimate of drug-likeness (QED) is 0.937. The van der Waals surface area contributed by atoms with Gasteiger partial charge in [0.25, 0.3) is 0 Å². The van der Waals surface area contributed by atoms with E-state index >= 15 is 0 Å². The highest BCUT2D eigenvalue weighted by atomic mass is 19.4. The van der Waals surface area contributed by atoms with Crippen LogP contribution >= 0.6 is 0 Å². The molecule has 2 aromatic rings. The molecule has 0 saturated carbocycles. The Morgan fingerprint density at radius 1 is 1.25 bits per heavy atom. The summed E-state index contributed by atoms with van der Waals surface area (Å²) in [5.74, 6) is 0. The highest BCUT2D eigenvalue weighted by Gasteiger charge is 2.38. The van der Waals surface area contributed by atoms with Gasteiger partial charge in [-0.3, -0.25) is 0 Å². The van der Waals surface area contributed by atoms with Crippen molar-refractivity contribution in [3.8, 4) is 5.69 Å². The van der Waals surface area contributed by atoms with Crippen molar-refractivity contribution in [2.24, 2.45) is 0 Å². The molecule has 0 aliphatic carbocycles. The first-order chi connectivity index (χ1) is 9.34. The molecule has 0 unspecified atom stereocenters. The molecule has 1 heterocycles. The summed E-state index contributed by atoms with van der Waals surface area (Å²) in [4.78, 5) is 0. The first-order valence-electron chi connectivity index (χ1n) is 6.21. The third kappa shape index (κ3) is 2.70. The maximum absolute atomic E-state index is 13.3. The Morgan fingerprint density at radius 2 is 1.95 bits per heavy atom. The highest BCUT2D eigenvalue weighted by Crippen LogP contribution is 2.34. The van der Waals surface area contributed by atoms with Gasteiger partial charge in [0.15, 0.2) is 5.69 Å². The number of hydrogen-bond donors (Lipinski definition) is 1. The Hall–Kier alpha value is -1.82. The maximum atomic E-state index is 13.3. The summed E-state index contributed by atoms with van der Waals surface area (Å²) in [7, 11) is 1.61. The van der Waals surface area contributed by atoms with Gasteiger partial charge in [0.2, 0.25) is 0 Å². The zero-order chi connectivity index (χ0) is 14.9. The van der Waals surface area contributed by atoms with Crippen molar-refractivity contribution in [1.82, 2.24) is 15.1 Å². The summed E-state index contributed by atoms with van der Waals surface area (Å²) < 4.78 is 40.8. The lowest BCUT2D eigenvalue weighted by molar-refractivity contribution is -0.143. The molecule has 20 heavy (non-hydrogen) atoms. The average Bonchev–Trinajstić information content (AvgIpc) is 2.73. The molecule has 1 N–H and O–H groups in total. The third-order valence-corrected chi connectivity index (χ3v) is 3.06. The van der Waals surface area contributed by atoms with Crippen molar-refractivity contribution in [1.29, 1.82) is 0 Å². The molecule has 0 aliphatic rings. The number of alkyl halides is 3. The van der Waals surface area contributed by atoms with Gasteiger partial charge >= 0.3 is 6.18 Å². The van der Waals surface area contributed by atoms with E-state index in [4.69, 9.17) is 0 Å². The van der Waals surface area contributed by atoms with Gasteiger partial charge in [0, 0.05) is 12.1 Å². The van der Waals surface area contributed by atoms with Crippen LogP contribution in [0.5, 0.6) is 0 Å². The normalized spacial score (nSPS) is 11.9. The van der Waals surface area contributed by atoms with Gasteiger partial charge in [-0.05, 0) is 32.5 Å². The van der Waals surface area contributed by atoms with Gasteiger partial charge in [-0.1, -0.05) is 17.7 Å². The average molecular weight is 283 g/mol. The van der Waals surface area contributed by atoms with Gasteiger partial charge in [0.05, 0.1) is 11.9 Å². The number of rotatable bonds is 3. The molecule has 0 radical (unpaired) electrons. The van der Waals surface area contributed by atoms with Crippen LogP contribution in [0.4, 0.5) is 13.2 Å². The predicted molar refractivity (Wildman–Crippen MR) is 70.8 cm³/mol. The second kappa shape index (κ2) is 5.28. The second-order valence-electron chi connectivity index (χ2n) is 4.75. The van der Waals surface area contributed by atoms with E-state index in [2.05, 4.69) is 10.4 Å². The van der Waals surface area contributed by atoms with Crippen LogP contribution in [0.15, 0.2) is 24.4 Å². The molecule has 0 saturated heterocycles. The van der Waals surface area contributed by atoms with Gasteiger partial charge in [-0.25, -0.2) is 4.68 Å². The van der Waals surface area contributed by atoms with Crippen molar-refractivity contribution in [3.05, 3.63) is 46.8 Å². The minimum Gasteiger partial charge on any atom is -0.316 e. The summed E-state index contributed by atoms with van der Waals surface area (Å²) in [6.07, 6.45) is -3.18. The van der Waals surface area contributed by atoms with Crippen LogP contribution in [-0.2, 0) is 12.7 Å². The number of halogens is 3. The van der Waals surface area contributed by atoms with Crippen molar-refractivity contribution in [3.63, 3.8) is 0 Å². The standard InChI is InChI=1S/C14H16F3N3/c1-9-4-5-12(10(2)6-9)20-13(14(15,16)17)11(7-18-3)8-19-20/h4-6,8,18H,7H2,1-3H3. The molecule has 3 nitrogen and oxygen atoms in total. The topological polar surface area (TPSA) is 29.9 Å². The van der Waals surface area contributed by atoms with Gasteiger partial charge < -0.3 is 5.32 Å². The van der Waals surface area contributed by atoms with Crippen LogP contribution < -0.4 is 5.32 Å². The Balaban J connectivity index is 2.62. The van der Waals surface area contributed by atoms with E-state index in [-0.39, 0.29) is 12.1 Å². The number of aromatic nitrogens is 2. The molecule has 108 valence electrons. The van der Waals surface area contributed by atoms with Crippen LogP contribution in [0.1, 0.15) is 22.4 Å². The van der Waals surface area contributed by atoms with Crippen LogP contribution in [-0.4, -0.2) is 16.8 Å². The molecular weight excluding hydrogens is 267 g/mol. The minimum absolute atomic E-state index is 0.125. The SMILES string of the molecule is CNCc1cnn(-c2ccc(C)cc2C)c1C(F)(F)F. The number of nitrogens with zero attached hydrogens (tertiary/aromatic N) is 2. The Kier molecular flexibility index (Phi) is 3.85. The zero-order valence-electron chi connectivity index (χ0n) is 11.5. The lowest BCUT2D eigenvalue weighted by Crippen LogP contribution is -2.18. The molecule has 0 bridgehead atoms. The molecule has 1 aromatic carbocycles. The molecule has 1 aromatic heterocycles. The second-order valence-corrected chi connectivity index (χ2v) is 4.75. The molecule has 0 fully saturated rings. The maximum Gasteiger partial charge on any atom is 0.433 e. The fourth-order valence-corrected chi connectivity index (χ4v) is 2.23. The molecule has 0 spiro atoms. The summed E-state index contributed by atoms with van der Waals surface area (Å²) in [6, 6.07) is 5.28. The van der Waals surface area contributed by atoms with Crippen molar-refractivity contribution >= 4 is 0 Å². The third-order valence-electron chi connectivity index (χ3n) is 3.06. The lowest BCUT2D eigenvalue weighted by atomic mass is 10.1. The van der Waals surface area contributed by atoms with E-state index in [9.17, 15) is 13.2 Å². The monoisotopic (exact) mass is 283 g/mol. The Bertz CT molecular complexity index is 615. The summed E-state index contributed by atoms with van der Waals surface area (Å²) in [5, 5.41) is 6.65. The van der Waals surface area contributed by atoms with Crippen LogP contribution in [0.3, 0.4) is 0 Å². The van der Waals surface area contributed by atoms with Gasteiger partial charge in [-0.15, -0.1) is 0 Å². The van der Waals surface area contributed by atoms with Crippen LogP contribution in [0.25, 0.3) is 5.69 Å². The van der Waals surface area contributed by atoms with E-state index in [0.29, 0.717) is 5.69 Å². The summed E-state index contributed by atoms with van der Waals surface area (Å²) in [6.45, 7) is 3.80. The van der Waals surface area contributed by atoms with Crippen LogP contribution in [0.2, 0.25) is 0 Å². The van der Waals surface area contributed by atoms with Crippen molar-refractivity contribution in [2.75, 3.05) is 7.05 Å². The molecule has 2 rings (SSSR count). The van der Waals surface area contributed by atoms with Gasteiger partial charge in [-0.2, -0.15) is 18.3 Å². The van der Waals surface area contributed by atoms with E-state index in [1.807, 2.05) is 13.0 Å². The van der Waals surface area contributed by atoms with E-state index in [0.717, 1.165) is 15.8 Å². The van der Waals surface area contributed by atoms with E-state index < -0.39 is 11.9 Å². The zero-order valence-corrected chi connectivity index (χ0v) is 11.5. The molecule has 0 aliphatic heterocycles. The predicted octanol–water partition coefficient (Wildman–Crippen LogP) is 3.23. The minimum atomic E-state index is -4.44. The largest absolute Gasteiger partial charge is 0.433 e. The number of aryl methyl sites for hydroxylation is 2. The fraction of sp³-hybridized carbons (Fsp3) is 0.357. The summed E-state index contributed by atoms with van der Waals surface area (Å²) in [5.41, 5.74) is 1.63.